The Morgan fingerprint density at radius 1 is 1.29 bits per heavy atom. The summed E-state index contributed by atoms with van der Waals surface area (Å²) in [4.78, 5) is 15.5. The van der Waals surface area contributed by atoms with Gasteiger partial charge in [0, 0.05) is 5.56 Å². The molecular formula is C10H8F3NO3. The summed E-state index contributed by atoms with van der Waals surface area (Å²) in [6, 6.07) is 4.91. The number of benzene rings is 1. The maximum atomic E-state index is 12.7. The number of amides is 1. The molecule has 0 saturated carbocycles. The second-order valence-electron chi connectivity index (χ2n) is 3.39. The number of hydrogen-bond donors (Lipinski definition) is 1. The van der Waals surface area contributed by atoms with E-state index in [1.54, 1.807) is 0 Å². The smallest absolute Gasteiger partial charge is 0.432 e. The average molecular weight is 247 g/mol. The van der Waals surface area contributed by atoms with Crippen LogP contribution in [0, 0.1) is 0 Å². The van der Waals surface area contributed by atoms with Crippen molar-refractivity contribution in [3.63, 3.8) is 0 Å². The molecule has 1 unspecified atom stereocenters. The van der Waals surface area contributed by atoms with Crippen molar-refractivity contribution in [3.05, 3.63) is 35.4 Å². The highest BCUT2D eigenvalue weighted by atomic mass is 19.4. The molecule has 0 bridgehead atoms. The van der Waals surface area contributed by atoms with E-state index in [4.69, 9.17) is 4.74 Å². The summed E-state index contributed by atoms with van der Waals surface area (Å²) in [6.07, 6.45) is -6.45. The van der Waals surface area contributed by atoms with E-state index in [1.807, 2.05) is 5.48 Å². The Bertz CT molecular complexity index is 433. The average Bonchev–Trinajstić information content (AvgIpc) is 2.28. The molecule has 1 aliphatic heterocycles. The van der Waals surface area contributed by atoms with Crippen LogP contribution in [0.2, 0.25) is 0 Å². The molecular weight excluding hydrogens is 239 g/mol. The Hall–Kier alpha value is -1.76. The zero-order chi connectivity index (χ0) is 12.5. The molecule has 1 aliphatic rings. The van der Waals surface area contributed by atoms with Crippen LogP contribution in [0.25, 0.3) is 0 Å². The molecule has 7 heteroatoms. The minimum absolute atomic E-state index is 0.116. The molecule has 0 aromatic heterocycles. The molecule has 92 valence electrons. The number of nitrogens with one attached hydrogen (secondary N) is 1. The van der Waals surface area contributed by atoms with Crippen LogP contribution in [0.5, 0.6) is 0 Å². The number of cyclic esters (lactones) is 1. The van der Waals surface area contributed by atoms with Crippen LogP contribution in [0.3, 0.4) is 0 Å². The molecule has 1 saturated heterocycles. The lowest BCUT2D eigenvalue weighted by Crippen LogP contribution is -2.36. The van der Waals surface area contributed by atoms with Crippen molar-refractivity contribution >= 4 is 6.09 Å². The summed E-state index contributed by atoms with van der Waals surface area (Å²) in [5.41, 5.74) is 0.951. The van der Waals surface area contributed by atoms with Crippen LogP contribution < -0.4 is 5.48 Å². The van der Waals surface area contributed by atoms with Crippen molar-refractivity contribution in [2.24, 2.45) is 0 Å². The van der Waals surface area contributed by atoms with E-state index in [1.165, 1.54) is 18.2 Å². The Morgan fingerprint density at radius 2 is 2.00 bits per heavy atom. The molecule has 1 aromatic rings. The SMILES string of the molecule is O=C1NOCC(c2ccccc2C(F)(F)F)O1. The minimum atomic E-state index is -4.49. The monoisotopic (exact) mass is 247 g/mol. The molecule has 4 nitrogen and oxygen atoms in total. The van der Waals surface area contributed by atoms with Gasteiger partial charge in [0.2, 0.25) is 0 Å². The Labute approximate surface area is 94.3 Å². The molecule has 1 atom stereocenters. The predicted octanol–water partition coefficient (Wildman–Crippen LogP) is 2.42. The lowest BCUT2D eigenvalue weighted by atomic mass is 10.0. The fourth-order valence-corrected chi connectivity index (χ4v) is 1.55. The standard InChI is InChI=1S/C10H8F3NO3/c11-10(12,13)7-4-2-1-3-6(7)8-5-16-14-9(15)17-8/h1-4,8H,5H2,(H,14,15). The molecule has 1 amide bonds. The first-order chi connectivity index (χ1) is 7.98. The van der Waals surface area contributed by atoms with Crippen LogP contribution in [0.15, 0.2) is 24.3 Å². The lowest BCUT2D eigenvalue weighted by Gasteiger charge is -2.25. The van der Waals surface area contributed by atoms with Gasteiger partial charge >= 0.3 is 12.3 Å². The number of hydroxylamine groups is 1. The quantitative estimate of drug-likeness (QED) is 0.829. The van der Waals surface area contributed by atoms with Gasteiger partial charge in [-0.05, 0) is 6.07 Å². The largest absolute Gasteiger partial charge is 0.437 e. The van der Waals surface area contributed by atoms with E-state index in [2.05, 4.69) is 4.84 Å². The molecule has 0 aliphatic carbocycles. The van der Waals surface area contributed by atoms with E-state index in [0.717, 1.165) is 6.07 Å². The van der Waals surface area contributed by atoms with Gasteiger partial charge in [0.25, 0.3) is 0 Å². The number of alkyl halides is 3. The van der Waals surface area contributed by atoms with Gasteiger partial charge in [0.05, 0.1) is 5.56 Å². The third-order valence-electron chi connectivity index (χ3n) is 2.25. The van der Waals surface area contributed by atoms with Crippen LogP contribution >= 0.6 is 0 Å². The van der Waals surface area contributed by atoms with Gasteiger partial charge in [0.15, 0.2) is 6.10 Å². The summed E-state index contributed by atoms with van der Waals surface area (Å²) in [7, 11) is 0. The van der Waals surface area contributed by atoms with E-state index in [0.29, 0.717) is 0 Å². The van der Waals surface area contributed by atoms with Gasteiger partial charge in [0.1, 0.15) is 6.61 Å². The van der Waals surface area contributed by atoms with Crippen molar-refractivity contribution in [1.82, 2.24) is 5.48 Å². The van der Waals surface area contributed by atoms with Crippen LogP contribution in [-0.2, 0) is 15.8 Å². The molecule has 1 heterocycles. The first-order valence-corrected chi connectivity index (χ1v) is 4.73. The zero-order valence-corrected chi connectivity index (χ0v) is 8.45. The van der Waals surface area contributed by atoms with Gasteiger partial charge < -0.3 is 4.74 Å². The van der Waals surface area contributed by atoms with Crippen LogP contribution in [-0.4, -0.2) is 12.7 Å². The molecule has 1 fully saturated rings. The van der Waals surface area contributed by atoms with E-state index >= 15 is 0 Å². The Morgan fingerprint density at radius 3 is 2.65 bits per heavy atom. The summed E-state index contributed by atoms with van der Waals surface area (Å²) < 4.78 is 42.8. The normalized spacial score (nSPS) is 20.6. The number of rotatable bonds is 1. The van der Waals surface area contributed by atoms with E-state index in [9.17, 15) is 18.0 Å². The van der Waals surface area contributed by atoms with Crippen molar-refractivity contribution in [2.45, 2.75) is 12.3 Å². The number of ether oxygens (including phenoxy) is 1. The summed E-state index contributed by atoms with van der Waals surface area (Å²) in [5, 5.41) is 0. The number of hydrogen-bond acceptors (Lipinski definition) is 3. The summed E-state index contributed by atoms with van der Waals surface area (Å²) in [5.74, 6) is 0. The fraction of sp³-hybridized carbons (Fsp3) is 0.300. The van der Waals surface area contributed by atoms with Gasteiger partial charge in [-0.3, -0.25) is 4.84 Å². The maximum Gasteiger partial charge on any atom is 0.432 e. The first kappa shape index (κ1) is 11.7. The minimum Gasteiger partial charge on any atom is -0.437 e. The van der Waals surface area contributed by atoms with Crippen LogP contribution in [0.1, 0.15) is 17.2 Å². The molecule has 1 aromatic carbocycles. The highest BCUT2D eigenvalue weighted by Crippen LogP contribution is 2.36. The number of halogens is 3. The summed E-state index contributed by atoms with van der Waals surface area (Å²) in [6.45, 7) is -0.168. The van der Waals surface area contributed by atoms with E-state index < -0.39 is 23.9 Å². The van der Waals surface area contributed by atoms with E-state index in [-0.39, 0.29) is 12.2 Å². The molecule has 2 rings (SSSR count). The summed E-state index contributed by atoms with van der Waals surface area (Å²) >= 11 is 0. The third kappa shape index (κ3) is 2.50. The van der Waals surface area contributed by atoms with Gasteiger partial charge in [-0.25, -0.2) is 4.79 Å². The Kier molecular flexibility index (Phi) is 2.93. The third-order valence-corrected chi connectivity index (χ3v) is 2.25. The van der Waals surface area contributed by atoms with Crippen molar-refractivity contribution in [2.75, 3.05) is 6.61 Å². The van der Waals surface area contributed by atoms with Gasteiger partial charge in [-0.15, -0.1) is 0 Å². The van der Waals surface area contributed by atoms with Crippen molar-refractivity contribution in [3.8, 4) is 0 Å². The first-order valence-electron chi connectivity index (χ1n) is 4.73. The van der Waals surface area contributed by atoms with Crippen molar-refractivity contribution in [1.29, 1.82) is 0 Å². The second kappa shape index (κ2) is 4.25. The highest BCUT2D eigenvalue weighted by molar-refractivity contribution is 5.66. The molecule has 0 spiro atoms. The second-order valence-corrected chi connectivity index (χ2v) is 3.39. The maximum absolute atomic E-state index is 12.7. The lowest BCUT2D eigenvalue weighted by molar-refractivity contribution is -0.141. The predicted molar refractivity (Wildman–Crippen MR) is 49.8 cm³/mol. The van der Waals surface area contributed by atoms with Crippen molar-refractivity contribution < 1.29 is 27.5 Å². The molecule has 0 radical (unpaired) electrons. The fourth-order valence-electron chi connectivity index (χ4n) is 1.55. The zero-order valence-electron chi connectivity index (χ0n) is 8.45. The Balaban J connectivity index is 2.34. The van der Waals surface area contributed by atoms with Crippen LogP contribution in [0.4, 0.5) is 18.0 Å². The highest BCUT2D eigenvalue weighted by Gasteiger charge is 2.36. The topological polar surface area (TPSA) is 47.6 Å². The molecule has 17 heavy (non-hydrogen) atoms. The van der Waals surface area contributed by atoms with Gasteiger partial charge in [-0.2, -0.15) is 18.7 Å². The number of carbonyl (C=O) groups excluding carboxylic acids is 1. The van der Waals surface area contributed by atoms with Gasteiger partial charge in [-0.1, -0.05) is 18.2 Å². The number of carbonyl (C=O) groups is 1. The molecule has 1 N–H and O–H groups in total.